The Balaban J connectivity index is 0.000000118. The topological polar surface area (TPSA) is 126 Å². The fourth-order valence-corrected chi connectivity index (χ4v) is 15.9. The lowest BCUT2D eigenvalue weighted by atomic mass is 9.82. The number of piperidine rings is 4. The van der Waals surface area contributed by atoms with Crippen LogP contribution in [-0.4, -0.2) is 94.8 Å². The van der Waals surface area contributed by atoms with Crippen LogP contribution in [0.15, 0.2) is 168 Å². The Hall–Kier alpha value is -7.35. The molecule has 3 amide bonds. The zero-order valence-electron chi connectivity index (χ0n) is 48.3. The number of anilines is 3. The normalized spacial score (nSPS) is 22.7. The summed E-state index contributed by atoms with van der Waals surface area (Å²) in [5.41, 5.74) is 10.9. The summed E-state index contributed by atoms with van der Waals surface area (Å²) in [4.78, 5) is 49.0. The quantitative estimate of drug-likeness (QED) is 0.113. The van der Waals surface area contributed by atoms with Crippen LogP contribution in [0.4, 0.5) is 17.1 Å². The average Bonchev–Trinajstić information content (AvgIpc) is 4.55. The van der Waals surface area contributed by atoms with Crippen molar-refractivity contribution in [1.82, 2.24) is 19.7 Å². The van der Waals surface area contributed by atoms with Crippen LogP contribution in [-0.2, 0) is 0 Å². The zero-order valence-corrected chi connectivity index (χ0v) is 49.1. The number of carbonyl (C=O) groups is 3. The summed E-state index contributed by atoms with van der Waals surface area (Å²) < 4.78 is 7.15. The minimum absolute atomic E-state index is 0.0481. The molecule has 6 aliphatic heterocycles. The summed E-state index contributed by atoms with van der Waals surface area (Å²) in [5, 5.41) is 15.2. The maximum Gasteiger partial charge on any atom is 0.255 e. The van der Waals surface area contributed by atoms with Crippen molar-refractivity contribution in [2.75, 3.05) is 55.2 Å². The van der Waals surface area contributed by atoms with Crippen LogP contribution in [0.5, 0.6) is 0 Å². The standard InChI is InChI=1S/C25H28N2OS.C24H27N3O.C23H24N2O2/c28-25(19-6-2-1-3-7-19)26-20-10-12-24-22(16-20)23(17-29-24)18-9-11-21-8-4-5-14-27(21)15-13-18;28-24(17-6-2-1-3-7-17)26-19-9-10-23-21(15-19)22(16-25-23)18-11-13-27-12-5-4-8-20(27)14-18;26-23(16-5-2-1-3-6-16)24-18-8-9-22-20(14-18)21(15-27-22)17-10-12-25-11-4-7-19(25)13-17/h1-3,6-7,10,12,16-18,21H,4-5,8-9,11,13-15H2,(H,26,28);1-3,6-7,9-10,15-16,18,20,25H,4-5,8,11-14H2,(H,26,28);1-3,5-6,8-9,14-15,17,19H,4,7,10-13H2,(H,24,26). The Labute approximate surface area is 498 Å². The first kappa shape index (κ1) is 55.8. The van der Waals surface area contributed by atoms with E-state index in [2.05, 4.69) is 77.5 Å². The summed E-state index contributed by atoms with van der Waals surface area (Å²) in [6, 6.07) is 48.9. The Morgan fingerprint density at radius 3 is 1.56 bits per heavy atom. The van der Waals surface area contributed by atoms with E-state index >= 15 is 0 Å². The molecule has 0 radical (unpaired) electrons. The van der Waals surface area contributed by atoms with Gasteiger partial charge < -0.3 is 40.1 Å². The number of aromatic amines is 1. The molecule has 11 nitrogen and oxygen atoms in total. The molecular weight excluding hydrogens is 1060 g/mol. The lowest BCUT2D eigenvalue weighted by molar-refractivity contribution is 0.0977. The second kappa shape index (κ2) is 25.9. The van der Waals surface area contributed by atoms with E-state index in [4.69, 9.17) is 4.42 Å². The fraction of sp³-hybridized carbons (Fsp3) is 0.375. The number of carbonyl (C=O) groups excluding carboxylic acids is 3. The number of hydrogen-bond acceptors (Lipinski definition) is 8. The number of rotatable bonds is 9. The largest absolute Gasteiger partial charge is 0.464 e. The predicted octanol–water partition coefficient (Wildman–Crippen LogP) is 16.5. The van der Waals surface area contributed by atoms with Crippen molar-refractivity contribution in [2.45, 2.75) is 132 Å². The van der Waals surface area contributed by atoms with Gasteiger partial charge in [0.1, 0.15) is 5.58 Å². The smallest absolute Gasteiger partial charge is 0.255 e. The number of fused-ring (bicyclic) bond motifs is 6. The Bertz CT molecular complexity index is 3690. The number of nitrogens with zero attached hydrogens (tertiary/aromatic N) is 3. The molecule has 12 heteroatoms. The summed E-state index contributed by atoms with van der Waals surface area (Å²) in [7, 11) is 0. The van der Waals surface area contributed by atoms with Gasteiger partial charge in [-0.3, -0.25) is 14.4 Å². The second-order valence-corrected chi connectivity index (χ2v) is 25.4. The van der Waals surface area contributed by atoms with Gasteiger partial charge in [-0.1, -0.05) is 67.4 Å². The number of furan rings is 1. The highest BCUT2D eigenvalue weighted by Crippen LogP contribution is 2.43. The molecule has 9 aromatic rings. The molecule has 6 saturated heterocycles. The van der Waals surface area contributed by atoms with Crippen LogP contribution in [0.2, 0.25) is 0 Å². The van der Waals surface area contributed by atoms with Crippen molar-refractivity contribution in [3.05, 3.63) is 197 Å². The number of benzene rings is 6. The van der Waals surface area contributed by atoms with Crippen molar-refractivity contribution in [3.8, 4) is 0 Å². The van der Waals surface area contributed by atoms with Crippen LogP contribution < -0.4 is 16.0 Å². The van der Waals surface area contributed by atoms with Crippen molar-refractivity contribution < 1.29 is 18.8 Å². The van der Waals surface area contributed by atoms with Gasteiger partial charge >= 0.3 is 0 Å². The molecule has 3 aromatic heterocycles. The predicted molar refractivity (Wildman–Crippen MR) is 343 cm³/mol. The number of amides is 3. The van der Waals surface area contributed by atoms with E-state index in [-0.39, 0.29) is 17.7 Å². The van der Waals surface area contributed by atoms with Crippen molar-refractivity contribution in [1.29, 1.82) is 0 Å². The summed E-state index contributed by atoms with van der Waals surface area (Å²) >= 11 is 1.84. The van der Waals surface area contributed by atoms with E-state index in [0.29, 0.717) is 34.4 Å². The van der Waals surface area contributed by atoms with Gasteiger partial charge in [0.05, 0.1) is 6.26 Å². The molecule has 6 aliphatic rings. The van der Waals surface area contributed by atoms with Gasteiger partial charge in [-0.25, -0.2) is 0 Å². The van der Waals surface area contributed by atoms with Crippen LogP contribution >= 0.6 is 11.3 Å². The Morgan fingerprint density at radius 2 is 0.940 bits per heavy atom. The van der Waals surface area contributed by atoms with Gasteiger partial charge in [-0.05, 0) is 253 Å². The summed E-state index contributed by atoms with van der Waals surface area (Å²) in [5.74, 6) is 1.59. The first-order valence-corrected chi connectivity index (χ1v) is 32.2. The number of hydrogen-bond donors (Lipinski definition) is 4. The molecule has 84 heavy (non-hydrogen) atoms. The van der Waals surface area contributed by atoms with Gasteiger partial charge in [0.2, 0.25) is 0 Å². The Morgan fingerprint density at radius 1 is 0.440 bits per heavy atom. The monoisotopic (exact) mass is 1140 g/mol. The molecule has 4 N–H and O–H groups in total. The Kier molecular flexibility index (Phi) is 17.2. The molecule has 6 fully saturated rings. The van der Waals surface area contributed by atoms with Gasteiger partial charge in [0, 0.05) is 84.6 Å². The lowest BCUT2D eigenvalue weighted by Crippen LogP contribution is -2.44. The fourth-order valence-electron chi connectivity index (χ4n) is 14.9. The maximum absolute atomic E-state index is 12.6. The molecule has 6 aromatic carbocycles. The molecule has 0 bridgehead atoms. The van der Waals surface area contributed by atoms with E-state index in [1.807, 2.05) is 133 Å². The van der Waals surface area contributed by atoms with E-state index in [0.717, 1.165) is 51.7 Å². The van der Waals surface area contributed by atoms with E-state index in [1.165, 1.54) is 168 Å². The van der Waals surface area contributed by atoms with Crippen molar-refractivity contribution in [2.24, 2.45) is 0 Å². The SMILES string of the molecule is O=C(Nc1ccc2[nH]cc(C3CCN4CCCCC4C3)c2c1)c1ccccc1.O=C(Nc1ccc2occ(C3CCN4CCCC4C3)c2c1)c1ccccc1.O=C(Nc1ccc2scc(C3CCC4CCCCN4CC3)c2c1)c1ccccc1. The van der Waals surface area contributed by atoms with Gasteiger partial charge in [0.15, 0.2) is 0 Å². The van der Waals surface area contributed by atoms with E-state index in [1.54, 1.807) is 0 Å². The third kappa shape index (κ3) is 12.7. The zero-order chi connectivity index (χ0) is 56.8. The molecule has 0 spiro atoms. The van der Waals surface area contributed by atoms with Gasteiger partial charge in [-0.2, -0.15) is 0 Å². The van der Waals surface area contributed by atoms with E-state index in [9.17, 15) is 14.4 Å². The molecule has 15 rings (SSSR count). The number of aromatic nitrogens is 1. The molecule has 0 saturated carbocycles. The van der Waals surface area contributed by atoms with Crippen LogP contribution in [0.3, 0.4) is 0 Å². The molecule has 6 atom stereocenters. The molecule has 0 aliphatic carbocycles. The maximum atomic E-state index is 12.6. The number of thiophene rings is 1. The lowest BCUT2D eigenvalue weighted by Gasteiger charge is -2.42. The highest BCUT2D eigenvalue weighted by Gasteiger charge is 2.35. The van der Waals surface area contributed by atoms with Crippen molar-refractivity contribution in [3.63, 3.8) is 0 Å². The first-order chi connectivity index (χ1) is 41.3. The van der Waals surface area contributed by atoms with Crippen LogP contribution in [0, 0.1) is 0 Å². The van der Waals surface area contributed by atoms with Gasteiger partial charge in [0.25, 0.3) is 17.7 Å². The molecular formula is C72H79N7O4S. The average molecular weight is 1140 g/mol. The van der Waals surface area contributed by atoms with Crippen molar-refractivity contribution >= 4 is 78.1 Å². The minimum atomic E-state index is -0.0840. The van der Waals surface area contributed by atoms with Crippen LogP contribution in [0.1, 0.15) is 162 Å². The first-order valence-electron chi connectivity index (χ1n) is 31.3. The second-order valence-electron chi connectivity index (χ2n) is 24.5. The third-order valence-corrected chi connectivity index (χ3v) is 20.4. The number of H-pyrrole nitrogens is 1. The summed E-state index contributed by atoms with van der Waals surface area (Å²) in [6.45, 7) is 7.47. The highest BCUT2D eigenvalue weighted by atomic mass is 32.1. The van der Waals surface area contributed by atoms with E-state index < -0.39 is 0 Å². The van der Waals surface area contributed by atoms with Gasteiger partial charge in [-0.15, -0.1) is 11.3 Å². The molecule has 9 heterocycles. The molecule has 432 valence electrons. The highest BCUT2D eigenvalue weighted by molar-refractivity contribution is 7.17. The summed E-state index contributed by atoms with van der Waals surface area (Å²) in [6.07, 6.45) is 23.8. The third-order valence-electron chi connectivity index (χ3n) is 19.4. The minimum Gasteiger partial charge on any atom is -0.464 e. The van der Waals surface area contributed by atoms with Crippen LogP contribution in [0.25, 0.3) is 32.0 Å². The number of nitrogens with one attached hydrogen (secondary N) is 4. The molecule has 6 unspecified atom stereocenters.